The van der Waals surface area contributed by atoms with Crippen LogP contribution in [0.3, 0.4) is 0 Å². The molecule has 0 heterocycles. The highest BCUT2D eigenvalue weighted by Gasteiger charge is 2.34. The zero-order chi connectivity index (χ0) is 14.5. The Morgan fingerprint density at radius 1 is 1.42 bits per heavy atom. The van der Waals surface area contributed by atoms with E-state index in [0.29, 0.717) is 0 Å². The summed E-state index contributed by atoms with van der Waals surface area (Å²) in [5.74, 6) is 1.19. The molecule has 1 aliphatic carbocycles. The molecule has 0 amide bonds. The minimum Gasteiger partial charge on any atom is -0.512 e. The van der Waals surface area contributed by atoms with Gasteiger partial charge in [0.25, 0.3) is 0 Å². The minimum atomic E-state index is -0.287. The molecule has 2 unspecified atom stereocenters. The van der Waals surface area contributed by atoms with Crippen LogP contribution in [-0.2, 0) is 4.79 Å². The summed E-state index contributed by atoms with van der Waals surface area (Å²) in [4.78, 5) is 12.5. The first-order valence-corrected chi connectivity index (χ1v) is 7.88. The van der Waals surface area contributed by atoms with Gasteiger partial charge in [0.1, 0.15) is 0 Å². The van der Waals surface area contributed by atoms with E-state index in [2.05, 4.69) is 20.8 Å². The molecule has 0 aromatic rings. The molecule has 0 radical (unpaired) electrons. The van der Waals surface area contributed by atoms with Crippen LogP contribution in [0, 0.1) is 17.3 Å². The minimum absolute atomic E-state index is 0.0961. The summed E-state index contributed by atoms with van der Waals surface area (Å²) >= 11 is 0. The van der Waals surface area contributed by atoms with Gasteiger partial charge in [-0.25, -0.2) is 0 Å². The molecular formula is C17H30O2. The predicted octanol–water partition coefficient (Wildman–Crippen LogP) is 5.04. The quantitative estimate of drug-likeness (QED) is 0.493. The van der Waals surface area contributed by atoms with Crippen molar-refractivity contribution < 1.29 is 9.90 Å². The largest absolute Gasteiger partial charge is 0.512 e. The second-order valence-corrected chi connectivity index (χ2v) is 6.54. The van der Waals surface area contributed by atoms with E-state index in [1.807, 2.05) is 6.92 Å². The molecule has 1 rings (SSSR count). The monoisotopic (exact) mass is 266 g/mol. The lowest BCUT2D eigenvalue weighted by Crippen LogP contribution is -2.31. The van der Waals surface area contributed by atoms with Crippen molar-refractivity contribution in [1.82, 2.24) is 0 Å². The summed E-state index contributed by atoms with van der Waals surface area (Å²) in [6, 6.07) is 0. The third-order valence-corrected chi connectivity index (χ3v) is 4.84. The fraction of sp³-hybridized carbons (Fsp3) is 0.824. The lowest BCUT2D eigenvalue weighted by molar-refractivity contribution is -0.124. The number of aliphatic hydroxyl groups is 1. The lowest BCUT2D eigenvalue weighted by Gasteiger charge is -2.35. The average molecular weight is 266 g/mol. The van der Waals surface area contributed by atoms with Crippen LogP contribution in [0.4, 0.5) is 0 Å². The molecule has 1 aliphatic rings. The topological polar surface area (TPSA) is 37.3 Å². The number of hydrogen-bond donors (Lipinski definition) is 1. The highest BCUT2D eigenvalue weighted by molar-refractivity contribution is 5.94. The number of allylic oxidation sites excluding steroid dienone is 2. The second kappa shape index (κ2) is 7.12. The molecule has 0 aliphatic heterocycles. The maximum atomic E-state index is 12.5. The van der Waals surface area contributed by atoms with E-state index in [-0.39, 0.29) is 22.9 Å². The van der Waals surface area contributed by atoms with Crippen molar-refractivity contribution in [2.75, 3.05) is 0 Å². The molecule has 2 nitrogen and oxygen atoms in total. The van der Waals surface area contributed by atoms with E-state index in [4.69, 9.17) is 0 Å². The van der Waals surface area contributed by atoms with Crippen LogP contribution < -0.4 is 0 Å². The average Bonchev–Trinajstić information content (AvgIpc) is 2.33. The highest BCUT2D eigenvalue weighted by Crippen LogP contribution is 2.40. The maximum absolute atomic E-state index is 12.5. The van der Waals surface area contributed by atoms with E-state index in [1.54, 1.807) is 0 Å². The zero-order valence-electron chi connectivity index (χ0n) is 13.0. The third-order valence-electron chi connectivity index (χ3n) is 4.84. The first-order valence-electron chi connectivity index (χ1n) is 7.88. The molecule has 1 fully saturated rings. The second-order valence-electron chi connectivity index (χ2n) is 6.54. The van der Waals surface area contributed by atoms with Crippen molar-refractivity contribution in [3.8, 4) is 0 Å². The van der Waals surface area contributed by atoms with E-state index in [1.165, 1.54) is 25.3 Å². The number of rotatable bonds is 8. The smallest absolute Gasteiger partial charge is 0.164 e. The number of ketones is 1. The van der Waals surface area contributed by atoms with Crippen molar-refractivity contribution in [3.63, 3.8) is 0 Å². The zero-order valence-corrected chi connectivity index (χ0v) is 13.0. The Kier molecular flexibility index (Phi) is 6.09. The van der Waals surface area contributed by atoms with Crippen LogP contribution in [0.5, 0.6) is 0 Å². The Morgan fingerprint density at radius 3 is 2.47 bits per heavy atom. The third kappa shape index (κ3) is 4.36. The van der Waals surface area contributed by atoms with Gasteiger partial charge in [-0.05, 0) is 25.2 Å². The molecule has 1 saturated carbocycles. The van der Waals surface area contributed by atoms with Gasteiger partial charge < -0.3 is 5.11 Å². The predicted molar refractivity (Wildman–Crippen MR) is 80.1 cm³/mol. The Balaban J connectivity index is 2.68. The van der Waals surface area contributed by atoms with Crippen LogP contribution in [-0.4, -0.2) is 10.9 Å². The van der Waals surface area contributed by atoms with E-state index >= 15 is 0 Å². The molecule has 0 aromatic carbocycles. The van der Waals surface area contributed by atoms with Gasteiger partial charge >= 0.3 is 0 Å². The maximum Gasteiger partial charge on any atom is 0.164 e. The summed E-state index contributed by atoms with van der Waals surface area (Å²) in [5.41, 5.74) is -0.287. The SMILES string of the molecule is CCCC(C)/C(O)=C/C(=O)C(C)(CC)CC1CCC1. The van der Waals surface area contributed by atoms with Crippen LogP contribution in [0.1, 0.15) is 72.6 Å². The van der Waals surface area contributed by atoms with Crippen LogP contribution in [0.25, 0.3) is 0 Å². The van der Waals surface area contributed by atoms with Crippen LogP contribution >= 0.6 is 0 Å². The molecule has 0 saturated heterocycles. The van der Waals surface area contributed by atoms with Gasteiger partial charge in [-0.15, -0.1) is 0 Å². The lowest BCUT2D eigenvalue weighted by atomic mass is 9.69. The first kappa shape index (κ1) is 16.3. The van der Waals surface area contributed by atoms with Gasteiger partial charge in [-0.1, -0.05) is 53.4 Å². The van der Waals surface area contributed by atoms with Gasteiger partial charge in [0.2, 0.25) is 0 Å². The Morgan fingerprint density at radius 2 is 2.05 bits per heavy atom. The highest BCUT2D eigenvalue weighted by atomic mass is 16.3. The fourth-order valence-electron chi connectivity index (χ4n) is 2.78. The summed E-state index contributed by atoms with van der Waals surface area (Å²) in [6.07, 6.45) is 9.15. The molecular weight excluding hydrogens is 236 g/mol. The molecule has 2 atom stereocenters. The van der Waals surface area contributed by atoms with Gasteiger partial charge in [-0.3, -0.25) is 4.79 Å². The molecule has 110 valence electrons. The van der Waals surface area contributed by atoms with Crippen molar-refractivity contribution in [2.24, 2.45) is 17.3 Å². The first-order chi connectivity index (χ1) is 8.92. The van der Waals surface area contributed by atoms with Crippen molar-refractivity contribution >= 4 is 5.78 Å². The molecule has 1 N–H and O–H groups in total. The van der Waals surface area contributed by atoms with Crippen molar-refractivity contribution in [2.45, 2.75) is 72.6 Å². The number of hydrogen-bond acceptors (Lipinski definition) is 2. The Bertz CT molecular complexity index is 328. The normalized spacial score (nSPS) is 21.6. The van der Waals surface area contributed by atoms with Crippen molar-refractivity contribution in [1.29, 1.82) is 0 Å². The fourth-order valence-corrected chi connectivity index (χ4v) is 2.78. The number of carbonyl (C=O) groups is 1. The van der Waals surface area contributed by atoms with E-state index in [9.17, 15) is 9.90 Å². The molecule has 2 heteroatoms. The summed E-state index contributed by atoms with van der Waals surface area (Å²) < 4.78 is 0. The van der Waals surface area contributed by atoms with Crippen LogP contribution in [0.2, 0.25) is 0 Å². The van der Waals surface area contributed by atoms with Gasteiger partial charge in [0, 0.05) is 17.4 Å². The van der Waals surface area contributed by atoms with E-state index < -0.39 is 0 Å². The molecule has 19 heavy (non-hydrogen) atoms. The summed E-state index contributed by atoms with van der Waals surface area (Å²) in [5, 5.41) is 10.0. The molecule has 0 bridgehead atoms. The summed E-state index contributed by atoms with van der Waals surface area (Å²) in [7, 11) is 0. The molecule has 0 spiro atoms. The summed E-state index contributed by atoms with van der Waals surface area (Å²) in [6.45, 7) is 8.22. The van der Waals surface area contributed by atoms with E-state index in [0.717, 1.165) is 31.6 Å². The Hall–Kier alpha value is -0.790. The number of aliphatic hydroxyl groups excluding tert-OH is 1. The number of carbonyl (C=O) groups excluding carboxylic acids is 1. The molecule has 0 aromatic heterocycles. The van der Waals surface area contributed by atoms with Gasteiger partial charge in [0.15, 0.2) is 5.78 Å². The van der Waals surface area contributed by atoms with Gasteiger partial charge in [-0.2, -0.15) is 0 Å². The van der Waals surface area contributed by atoms with Crippen molar-refractivity contribution in [3.05, 3.63) is 11.8 Å². The van der Waals surface area contributed by atoms with Crippen LogP contribution in [0.15, 0.2) is 11.8 Å². The Labute approximate surface area is 118 Å². The standard InChI is InChI=1S/C17H30O2/c1-5-8-13(3)15(18)11-16(19)17(4,6-2)12-14-9-7-10-14/h11,13-14,18H,5-10,12H2,1-4H3/b15-11-. The van der Waals surface area contributed by atoms with Gasteiger partial charge in [0.05, 0.1) is 5.76 Å².